The molecule has 1 atom stereocenters. The molecule has 1 aliphatic rings. The Morgan fingerprint density at radius 1 is 1.16 bits per heavy atom. The second kappa shape index (κ2) is 10.8. The van der Waals surface area contributed by atoms with Crippen molar-refractivity contribution in [2.24, 2.45) is 14.1 Å². The molecule has 12 heteroatoms. The van der Waals surface area contributed by atoms with Crippen molar-refractivity contribution in [3.63, 3.8) is 0 Å². The fourth-order valence-electron chi connectivity index (χ4n) is 4.82. The highest BCUT2D eigenvalue weighted by Gasteiger charge is 2.38. The summed E-state index contributed by atoms with van der Waals surface area (Å²) < 4.78 is 53.2. The summed E-state index contributed by atoms with van der Waals surface area (Å²) in [5.41, 5.74) is 2.60. The minimum absolute atomic E-state index is 0.0634. The number of benzene rings is 1. The van der Waals surface area contributed by atoms with Crippen molar-refractivity contribution in [1.29, 1.82) is 0 Å². The quantitative estimate of drug-likeness (QED) is 0.436. The van der Waals surface area contributed by atoms with Crippen LogP contribution in [-0.2, 0) is 14.1 Å². The minimum Gasteiger partial charge on any atom is -0.490 e. The minimum atomic E-state index is -4.61. The number of nitrogens with zero attached hydrogens (tertiary/aromatic N) is 5. The van der Waals surface area contributed by atoms with Gasteiger partial charge in [-0.25, -0.2) is 9.67 Å². The zero-order valence-corrected chi connectivity index (χ0v) is 21.8. The van der Waals surface area contributed by atoms with Gasteiger partial charge in [0, 0.05) is 50.9 Å². The van der Waals surface area contributed by atoms with E-state index in [0.29, 0.717) is 37.3 Å². The third-order valence-corrected chi connectivity index (χ3v) is 6.79. The van der Waals surface area contributed by atoms with Gasteiger partial charge in [0.1, 0.15) is 11.3 Å². The average Bonchev–Trinajstić information content (AvgIpc) is 3.39. The van der Waals surface area contributed by atoms with Crippen LogP contribution >= 0.6 is 0 Å². The van der Waals surface area contributed by atoms with E-state index in [0.717, 1.165) is 22.5 Å². The first kappa shape index (κ1) is 27.1. The number of hydrogen-bond donors (Lipinski definition) is 2. The van der Waals surface area contributed by atoms with Crippen LogP contribution in [-0.4, -0.2) is 68.6 Å². The Balaban J connectivity index is 1.53. The summed E-state index contributed by atoms with van der Waals surface area (Å²) in [6.45, 7) is 3.66. The molecule has 37 heavy (non-hydrogen) atoms. The van der Waals surface area contributed by atoms with Crippen LogP contribution in [0.2, 0.25) is 0 Å². The number of aliphatic hydroxyl groups is 1. The summed E-state index contributed by atoms with van der Waals surface area (Å²) >= 11 is 0. The molecule has 1 aromatic carbocycles. The highest BCUT2D eigenvalue weighted by molar-refractivity contribution is 5.92. The van der Waals surface area contributed by atoms with Gasteiger partial charge in [0.15, 0.2) is 11.9 Å². The molecule has 0 saturated heterocycles. The summed E-state index contributed by atoms with van der Waals surface area (Å²) in [6, 6.07) is 5.80. The summed E-state index contributed by atoms with van der Waals surface area (Å²) in [7, 11) is 5.36. The smallest absolute Gasteiger partial charge is 0.415 e. The first-order valence-electron chi connectivity index (χ1n) is 12.4. The van der Waals surface area contributed by atoms with Gasteiger partial charge < -0.3 is 29.4 Å². The van der Waals surface area contributed by atoms with Gasteiger partial charge in [-0.1, -0.05) is 0 Å². The number of methoxy groups -OCH3 is 1. The molecule has 0 aliphatic heterocycles. The van der Waals surface area contributed by atoms with Crippen molar-refractivity contribution in [2.75, 3.05) is 18.6 Å². The van der Waals surface area contributed by atoms with Crippen molar-refractivity contribution >= 4 is 22.5 Å². The Morgan fingerprint density at radius 3 is 2.46 bits per heavy atom. The monoisotopic (exact) mass is 524 g/mol. The fourth-order valence-corrected chi connectivity index (χ4v) is 4.82. The van der Waals surface area contributed by atoms with Crippen molar-refractivity contribution in [2.45, 2.75) is 70.0 Å². The zero-order chi connectivity index (χ0) is 26.9. The van der Waals surface area contributed by atoms with Gasteiger partial charge in [0.05, 0.1) is 30.7 Å². The molecular formula is C25H35F3N6O3. The lowest BCUT2D eigenvalue weighted by Gasteiger charge is -2.31. The summed E-state index contributed by atoms with van der Waals surface area (Å²) in [5.74, 6) is 2.06. The van der Waals surface area contributed by atoms with E-state index < -0.39 is 18.8 Å². The molecule has 1 aliphatic carbocycles. The Kier molecular flexibility index (Phi) is 7.88. The number of aromatic nitrogens is 4. The second-order valence-electron chi connectivity index (χ2n) is 9.86. The number of aryl methyl sites for hydroxylation is 2. The number of hydrogen-bond acceptors (Lipinski definition) is 7. The lowest BCUT2D eigenvalue weighted by atomic mass is 9.92. The van der Waals surface area contributed by atoms with Crippen LogP contribution in [0.3, 0.4) is 0 Å². The Labute approximate surface area is 214 Å². The van der Waals surface area contributed by atoms with E-state index in [-0.39, 0.29) is 18.2 Å². The lowest BCUT2D eigenvalue weighted by molar-refractivity contribution is -0.202. The van der Waals surface area contributed by atoms with Crippen LogP contribution in [0, 0.1) is 0 Å². The third kappa shape index (κ3) is 5.96. The Hall–Kier alpha value is -2.99. The normalized spacial score (nSPS) is 19.4. The van der Waals surface area contributed by atoms with Crippen LogP contribution < -0.4 is 19.7 Å². The van der Waals surface area contributed by atoms with Gasteiger partial charge in [0.25, 0.3) is 0 Å². The number of imidazole rings is 1. The molecule has 0 spiro atoms. The van der Waals surface area contributed by atoms with Crippen LogP contribution in [0.25, 0.3) is 11.0 Å². The van der Waals surface area contributed by atoms with Gasteiger partial charge in [-0.15, -0.1) is 0 Å². The molecule has 9 nitrogen and oxygen atoms in total. The maximum absolute atomic E-state index is 12.6. The first-order chi connectivity index (χ1) is 17.5. The van der Waals surface area contributed by atoms with E-state index >= 15 is 0 Å². The number of fused-ring (bicyclic) bond motifs is 1. The molecule has 4 rings (SSSR count). The predicted octanol–water partition coefficient (Wildman–Crippen LogP) is 4.06. The maximum atomic E-state index is 12.6. The molecule has 0 bridgehead atoms. The van der Waals surface area contributed by atoms with E-state index in [2.05, 4.69) is 34.1 Å². The number of aliphatic hydroxyl groups excluding tert-OH is 1. The maximum Gasteiger partial charge on any atom is 0.415 e. The summed E-state index contributed by atoms with van der Waals surface area (Å²) in [5, 5.41) is 16.7. The molecule has 2 heterocycles. The lowest BCUT2D eigenvalue weighted by Crippen LogP contribution is -2.44. The van der Waals surface area contributed by atoms with Gasteiger partial charge in [0.2, 0.25) is 5.88 Å². The largest absolute Gasteiger partial charge is 0.490 e. The topological polar surface area (TPSA) is 89.6 Å². The number of nitrogens with one attached hydrogen (secondary N) is 1. The van der Waals surface area contributed by atoms with Crippen LogP contribution in [0.15, 0.2) is 24.5 Å². The average molecular weight is 525 g/mol. The Bertz CT molecular complexity index is 1200. The number of ether oxygens (including phenoxy) is 2. The number of anilines is 2. The van der Waals surface area contributed by atoms with E-state index in [4.69, 9.17) is 9.47 Å². The van der Waals surface area contributed by atoms with Gasteiger partial charge in [-0.05, 0) is 39.5 Å². The molecule has 0 radical (unpaired) electrons. The van der Waals surface area contributed by atoms with Crippen molar-refractivity contribution < 1.29 is 27.8 Å². The zero-order valence-electron chi connectivity index (χ0n) is 21.8. The van der Waals surface area contributed by atoms with Crippen molar-refractivity contribution in [1.82, 2.24) is 24.6 Å². The van der Waals surface area contributed by atoms with E-state index in [1.165, 1.54) is 0 Å². The SMILES string of the molecule is COc1cc(N(c2cc(O[C@H]3CC[C@@H](NC[C@@H](O)C(F)(F)F)CC3)cc3c2ncn3C)C(C)C)nn1C. The highest BCUT2D eigenvalue weighted by atomic mass is 19.4. The van der Waals surface area contributed by atoms with Gasteiger partial charge in [-0.3, -0.25) is 0 Å². The second-order valence-corrected chi connectivity index (χ2v) is 9.86. The van der Waals surface area contributed by atoms with Crippen molar-refractivity contribution in [3.05, 3.63) is 24.5 Å². The molecule has 3 aromatic rings. The van der Waals surface area contributed by atoms with Crippen LogP contribution in [0.4, 0.5) is 24.7 Å². The number of halogens is 3. The predicted molar refractivity (Wildman–Crippen MR) is 134 cm³/mol. The van der Waals surface area contributed by atoms with Crippen LogP contribution in [0.5, 0.6) is 11.6 Å². The number of alkyl halides is 3. The molecule has 2 N–H and O–H groups in total. The summed E-state index contributed by atoms with van der Waals surface area (Å²) in [6.07, 6.45) is -2.53. The standard InChI is InChI=1S/C25H35F3N6O3/c1-15(2)34(22-12-23(36-5)33(4)31-22)20-11-18(10-19-24(20)30-14-32(19)3)37-17-8-6-16(7-9-17)29-13-21(35)25(26,27)28/h10-12,14-17,21,29,35H,6-9,13H2,1-5H3/t16-,17+,21-/m1/s1. The molecule has 1 saturated carbocycles. The van der Waals surface area contributed by atoms with E-state index in [1.807, 2.05) is 36.9 Å². The third-order valence-electron chi connectivity index (χ3n) is 6.79. The molecule has 1 fully saturated rings. The van der Waals surface area contributed by atoms with Gasteiger partial charge in [-0.2, -0.15) is 18.3 Å². The molecule has 0 unspecified atom stereocenters. The highest BCUT2D eigenvalue weighted by Crippen LogP contribution is 2.38. The first-order valence-corrected chi connectivity index (χ1v) is 12.4. The number of rotatable bonds is 9. The molecular weight excluding hydrogens is 489 g/mol. The molecule has 0 amide bonds. The Morgan fingerprint density at radius 2 is 1.86 bits per heavy atom. The molecule has 2 aromatic heterocycles. The van der Waals surface area contributed by atoms with E-state index in [9.17, 15) is 18.3 Å². The van der Waals surface area contributed by atoms with Gasteiger partial charge >= 0.3 is 6.18 Å². The van der Waals surface area contributed by atoms with E-state index in [1.54, 1.807) is 18.1 Å². The van der Waals surface area contributed by atoms with Crippen molar-refractivity contribution in [3.8, 4) is 11.6 Å². The fraction of sp³-hybridized carbons (Fsp3) is 0.600. The van der Waals surface area contributed by atoms with Crippen LogP contribution in [0.1, 0.15) is 39.5 Å². The summed E-state index contributed by atoms with van der Waals surface area (Å²) in [4.78, 5) is 6.73. The molecule has 204 valence electrons.